The number of nitrogens with two attached hydrogens (primary N) is 1. The average molecular weight is 207 g/mol. The van der Waals surface area contributed by atoms with Crippen LogP contribution in [0.5, 0.6) is 0 Å². The molecule has 2 N–H and O–H groups in total. The highest BCUT2D eigenvalue weighted by molar-refractivity contribution is 5.97. The predicted molar refractivity (Wildman–Crippen MR) is 57.5 cm³/mol. The van der Waals surface area contributed by atoms with Crippen LogP contribution in [-0.2, 0) is 7.05 Å². The van der Waals surface area contributed by atoms with Gasteiger partial charge in [-0.05, 0) is 19.3 Å². The van der Waals surface area contributed by atoms with Gasteiger partial charge in [0.15, 0.2) is 5.78 Å². The van der Waals surface area contributed by atoms with E-state index in [2.05, 4.69) is 5.10 Å². The number of rotatable bonds is 2. The van der Waals surface area contributed by atoms with Crippen molar-refractivity contribution in [2.45, 2.75) is 31.7 Å². The van der Waals surface area contributed by atoms with Crippen molar-refractivity contribution in [3.8, 4) is 0 Å². The van der Waals surface area contributed by atoms with Crippen LogP contribution in [0.2, 0.25) is 0 Å². The molecular weight excluding hydrogens is 190 g/mol. The third kappa shape index (κ3) is 2.26. The lowest BCUT2D eigenvalue weighted by Gasteiger charge is -2.24. The molecule has 0 aliphatic heterocycles. The van der Waals surface area contributed by atoms with E-state index in [1.54, 1.807) is 17.1 Å². The standard InChI is InChI=1S/C11H17N3O/c1-14-7-9(6-13-14)11(15)8-3-2-4-10(12)5-8/h6-8,10H,2-5,12H2,1H3. The van der Waals surface area contributed by atoms with E-state index in [0.717, 1.165) is 31.2 Å². The highest BCUT2D eigenvalue weighted by Gasteiger charge is 2.26. The van der Waals surface area contributed by atoms with Crippen molar-refractivity contribution in [1.82, 2.24) is 9.78 Å². The topological polar surface area (TPSA) is 60.9 Å². The molecule has 4 heteroatoms. The summed E-state index contributed by atoms with van der Waals surface area (Å²) in [4.78, 5) is 12.0. The minimum absolute atomic E-state index is 0.109. The van der Waals surface area contributed by atoms with Gasteiger partial charge in [-0.2, -0.15) is 5.10 Å². The molecule has 0 aromatic carbocycles. The number of hydrogen-bond acceptors (Lipinski definition) is 3. The van der Waals surface area contributed by atoms with Gasteiger partial charge in [0, 0.05) is 25.2 Å². The van der Waals surface area contributed by atoms with Crippen LogP contribution in [0.4, 0.5) is 0 Å². The Bertz CT molecular complexity index is 358. The third-order valence-corrected chi connectivity index (χ3v) is 3.07. The Balaban J connectivity index is 2.07. The van der Waals surface area contributed by atoms with Crippen molar-refractivity contribution >= 4 is 5.78 Å². The molecule has 1 fully saturated rings. The molecule has 2 atom stereocenters. The number of Topliss-reactive ketones (excluding diaryl/α,β-unsaturated/α-hetero) is 1. The number of carbonyl (C=O) groups is 1. The molecule has 4 nitrogen and oxygen atoms in total. The van der Waals surface area contributed by atoms with Gasteiger partial charge in [-0.25, -0.2) is 0 Å². The lowest BCUT2D eigenvalue weighted by atomic mass is 9.82. The van der Waals surface area contributed by atoms with Gasteiger partial charge in [0.05, 0.1) is 11.8 Å². The first-order chi connectivity index (χ1) is 7.16. The molecule has 1 aromatic heterocycles. The first-order valence-corrected chi connectivity index (χ1v) is 5.45. The molecule has 1 aliphatic rings. The molecule has 0 bridgehead atoms. The third-order valence-electron chi connectivity index (χ3n) is 3.07. The van der Waals surface area contributed by atoms with Crippen molar-refractivity contribution < 1.29 is 4.79 Å². The summed E-state index contributed by atoms with van der Waals surface area (Å²) in [5.41, 5.74) is 6.59. The van der Waals surface area contributed by atoms with Gasteiger partial charge in [0.2, 0.25) is 0 Å². The summed E-state index contributed by atoms with van der Waals surface area (Å²) >= 11 is 0. The van der Waals surface area contributed by atoms with Crippen molar-refractivity contribution in [3.63, 3.8) is 0 Å². The summed E-state index contributed by atoms with van der Waals surface area (Å²) in [6.07, 6.45) is 7.34. The molecule has 0 radical (unpaired) electrons. The largest absolute Gasteiger partial charge is 0.328 e. The molecule has 1 aliphatic carbocycles. The maximum atomic E-state index is 12.0. The van der Waals surface area contributed by atoms with Gasteiger partial charge in [0.1, 0.15) is 0 Å². The van der Waals surface area contributed by atoms with E-state index in [1.165, 1.54) is 0 Å². The average Bonchev–Trinajstić information content (AvgIpc) is 2.64. The molecule has 1 saturated carbocycles. The van der Waals surface area contributed by atoms with Gasteiger partial charge in [-0.3, -0.25) is 9.48 Å². The molecule has 82 valence electrons. The summed E-state index contributed by atoms with van der Waals surface area (Å²) < 4.78 is 1.66. The van der Waals surface area contributed by atoms with Gasteiger partial charge >= 0.3 is 0 Å². The van der Waals surface area contributed by atoms with E-state index in [4.69, 9.17) is 5.73 Å². The molecule has 15 heavy (non-hydrogen) atoms. The van der Waals surface area contributed by atoms with E-state index < -0.39 is 0 Å². The van der Waals surface area contributed by atoms with Gasteiger partial charge < -0.3 is 5.73 Å². The maximum absolute atomic E-state index is 12.0. The van der Waals surface area contributed by atoms with Crippen LogP contribution >= 0.6 is 0 Å². The Hall–Kier alpha value is -1.16. The van der Waals surface area contributed by atoms with E-state index in [9.17, 15) is 4.79 Å². The van der Waals surface area contributed by atoms with Crippen LogP contribution < -0.4 is 5.73 Å². The summed E-state index contributed by atoms with van der Waals surface area (Å²) in [6, 6.07) is 0.198. The molecule has 0 saturated heterocycles. The summed E-state index contributed by atoms with van der Waals surface area (Å²) in [6.45, 7) is 0. The molecule has 0 spiro atoms. The van der Waals surface area contributed by atoms with Crippen LogP contribution in [0.25, 0.3) is 0 Å². The van der Waals surface area contributed by atoms with Gasteiger partial charge in [-0.1, -0.05) is 6.42 Å². The summed E-state index contributed by atoms with van der Waals surface area (Å²) in [5, 5.41) is 4.02. The SMILES string of the molecule is Cn1cc(C(=O)C2CCCC(N)C2)cn1. The molecule has 2 rings (SSSR count). The zero-order valence-corrected chi connectivity index (χ0v) is 9.02. The Kier molecular flexibility index (Phi) is 2.86. The van der Waals surface area contributed by atoms with E-state index >= 15 is 0 Å². The minimum atomic E-state index is 0.109. The summed E-state index contributed by atoms with van der Waals surface area (Å²) in [5.74, 6) is 0.316. The smallest absolute Gasteiger partial charge is 0.169 e. The lowest BCUT2D eigenvalue weighted by molar-refractivity contribution is 0.0881. The number of hydrogen-bond donors (Lipinski definition) is 1. The molecule has 0 amide bonds. The van der Waals surface area contributed by atoms with Crippen molar-refractivity contribution in [2.24, 2.45) is 18.7 Å². The highest BCUT2D eigenvalue weighted by Crippen LogP contribution is 2.26. The van der Waals surface area contributed by atoms with Crippen molar-refractivity contribution in [2.75, 3.05) is 0 Å². The molecule has 1 heterocycles. The zero-order valence-electron chi connectivity index (χ0n) is 9.02. The van der Waals surface area contributed by atoms with Gasteiger partial charge in [-0.15, -0.1) is 0 Å². The van der Waals surface area contributed by atoms with Crippen molar-refractivity contribution in [3.05, 3.63) is 18.0 Å². The predicted octanol–water partition coefficient (Wildman–Crippen LogP) is 1.12. The minimum Gasteiger partial charge on any atom is -0.328 e. The monoisotopic (exact) mass is 207 g/mol. The Morgan fingerprint density at radius 3 is 3.00 bits per heavy atom. The fourth-order valence-corrected chi connectivity index (χ4v) is 2.25. The highest BCUT2D eigenvalue weighted by atomic mass is 16.1. The van der Waals surface area contributed by atoms with Crippen LogP contribution in [0, 0.1) is 5.92 Å². The molecule has 2 unspecified atom stereocenters. The van der Waals surface area contributed by atoms with E-state index in [-0.39, 0.29) is 17.7 Å². The fourth-order valence-electron chi connectivity index (χ4n) is 2.25. The Morgan fingerprint density at radius 2 is 2.40 bits per heavy atom. The van der Waals surface area contributed by atoms with Crippen molar-refractivity contribution in [1.29, 1.82) is 0 Å². The summed E-state index contributed by atoms with van der Waals surface area (Å²) in [7, 11) is 1.82. The lowest BCUT2D eigenvalue weighted by Crippen LogP contribution is -2.31. The van der Waals surface area contributed by atoms with E-state index in [1.807, 2.05) is 7.05 Å². The number of ketones is 1. The number of aromatic nitrogens is 2. The first-order valence-electron chi connectivity index (χ1n) is 5.45. The number of aryl methyl sites for hydroxylation is 1. The second-order valence-electron chi connectivity index (χ2n) is 4.39. The number of carbonyl (C=O) groups excluding carboxylic acids is 1. The van der Waals surface area contributed by atoms with Gasteiger partial charge in [0.25, 0.3) is 0 Å². The zero-order chi connectivity index (χ0) is 10.8. The van der Waals surface area contributed by atoms with Crippen LogP contribution in [0.15, 0.2) is 12.4 Å². The second-order valence-corrected chi connectivity index (χ2v) is 4.39. The van der Waals surface area contributed by atoms with Crippen LogP contribution in [0.3, 0.4) is 0 Å². The normalized spacial score (nSPS) is 26.5. The van der Waals surface area contributed by atoms with E-state index in [0.29, 0.717) is 0 Å². The Labute approximate surface area is 89.5 Å². The maximum Gasteiger partial charge on any atom is 0.169 e. The first kappa shape index (κ1) is 10.4. The molecule has 1 aromatic rings. The molecular formula is C11H17N3O. The van der Waals surface area contributed by atoms with Crippen LogP contribution in [0.1, 0.15) is 36.0 Å². The number of nitrogens with zero attached hydrogens (tertiary/aromatic N) is 2. The Morgan fingerprint density at radius 1 is 1.60 bits per heavy atom. The van der Waals surface area contributed by atoms with Crippen LogP contribution in [-0.4, -0.2) is 21.6 Å². The fraction of sp³-hybridized carbons (Fsp3) is 0.636. The quantitative estimate of drug-likeness (QED) is 0.739. The second kappa shape index (κ2) is 4.14.